The number of urea groups is 1. The molecule has 0 unspecified atom stereocenters. The Morgan fingerprint density at radius 2 is 1.95 bits per heavy atom. The number of anilines is 1. The predicted molar refractivity (Wildman–Crippen MR) is 154 cm³/mol. The van der Waals surface area contributed by atoms with E-state index in [1.54, 1.807) is 24.4 Å². The zero-order valence-electron chi connectivity index (χ0n) is 22.2. The van der Waals surface area contributed by atoms with Crippen LogP contribution in [-0.2, 0) is 4.74 Å². The molecule has 10 nitrogen and oxygen atoms in total. The quantitative estimate of drug-likeness (QED) is 0.266. The monoisotopic (exact) mass is 576 g/mol. The first-order chi connectivity index (χ1) is 20.0. The van der Waals surface area contributed by atoms with Crippen LogP contribution in [0.2, 0.25) is 0 Å². The van der Waals surface area contributed by atoms with E-state index in [4.69, 9.17) is 9.47 Å². The van der Waals surface area contributed by atoms with Gasteiger partial charge in [-0.15, -0.1) is 11.3 Å². The number of amides is 3. The fourth-order valence-electron chi connectivity index (χ4n) is 4.47. The molecule has 3 N–H and O–H groups in total. The number of aromatic nitrogens is 2. The van der Waals surface area contributed by atoms with Gasteiger partial charge < -0.3 is 25.4 Å². The minimum absolute atomic E-state index is 0.00318. The van der Waals surface area contributed by atoms with Gasteiger partial charge in [0, 0.05) is 56.4 Å². The van der Waals surface area contributed by atoms with Crippen molar-refractivity contribution in [3.8, 4) is 22.8 Å². The number of carbonyl (C=O) groups excluding carboxylic acids is 2. The highest BCUT2D eigenvalue weighted by Gasteiger charge is 2.23. The Kier molecular flexibility index (Phi) is 8.03. The molecule has 4 aromatic rings. The molecule has 2 aliphatic rings. The third-order valence-electron chi connectivity index (χ3n) is 6.86. The van der Waals surface area contributed by atoms with Crippen molar-refractivity contribution in [3.05, 3.63) is 65.6 Å². The summed E-state index contributed by atoms with van der Waals surface area (Å²) in [7, 11) is 0. The van der Waals surface area contributed by atoms with Gasteiger partial charge in [0.2, 0.25) is 0 Å². The summed E-state index contributed by atoms with van der Waals surface area (Å²) in [6.07, 6.45) is 5.06. The third-order valence-corrected chi connectivity index (χ3v) is 7.76. The summed E-state index contributed by atoms with van der Waals surface area (Å²) in [4.78, 5) is 36.0. The number of nitrogens with zero attached hydrogens (tertiary/aromatic N) is 3. The van der Waals surface area contributed by atoms with Crippen molar-refractivity contribution in [2.24, 2.45) is 0 Å². The molecule has 6 rings (SSSR count). The molecule has 0 atom stereocenters. The summed E-state index contributed by atoms with van der Waals surface area (Å²) in [5, 5.41) is 10.3. The first-order valence-electron chi connectivity index (χ1n) is 13.5. The van der Waals surface area contributed by atoms with Crippen molar-refractivity contribution in [2.45, 2.75) is 18.9 Å². The van der Waals surface area contributed by atoms with Crippen molar-refractivity contribution < 1.29 is 23.5 Å². The number of fused-ring (bicyclic) bond motifs is 1. The lowest BCUT2D eigenvalue weighted by molar-refractivity contribution is 0.0383. The first kappa shape index (κ1) is 27.1. The van der Waals surface area contributed by atoms with Crippen LogP contribution < -0.4 is 20.7 Å². The molecule has 0 radical (unpaired) electrons. The van der Waals surface area contributed by atoms with Gasteiger partial charge in [-0.2, -0.15) is 0 Å². The van der Waals surface area contributed by atoms with Gasteiger partial charge in [0.1, 0.15) is 0 Å². The average molecular weight is 577 g/mol. The molecule has 12 heteroatoms. The van der Waals surface area contributed by atoms with Gasteiger partial charge in [-0.05, 0) is 48.6 Å². The highest BCUT2D eigenvalue weighted by atomic mass is 32.1. The number of nitrogens with one attached hydrogen (secondary N) is 3. The molecule has 3 aromatic heterocycles. The van der Waals surface area contributed by atoms with E-state index in [0.29, 0.717) is 53.5 Å². The molecule has 0 bridgehead atoms. The number of pyridine rings is 2. The molecule has 2 fully saturated rings. The van der Waals surface area contributed by atoms with Crippen molar-refractivity contribution in [1.82, 2.24) is 25.5 Å². The Morgan fingerprint density at radius 3 is 2.71 bits per heavy atom. The van der Waals surface area contributed by atoms with E-state index >= 15 is 4.39 Å². The standard InChI is InChI=1S/C29H29FN6O4S/c30-22-15-20(35-29(38)34-19-2-3-19)4-6-25(22)40-26-21(17-33-24-7-14-41-27(24)26)23-5-1-18(16-32-23)28(37)31-8-9-36-10-12-39-13-11-36/h1,4-7,14-17,19H,2-3,8-13H2,(H,31,37)(H2,34,35,38). The van der Waals surface area contributed by atoms with Gasteiger partial charge in [0.25, 0.3) is 5.91 Å². The number of ether oxygens (including phenoxy) is 2. The summed E-state index contributed by atoms with van der Waals surface area (Å²) in [6.45, 7) is 4.44. The molecule has 1 saturated heterocycles. The average Bonchev–Trinajstić information content (AvgIpc) is 3.66. The van der Waals surface area contributed by atoms with Gasteiger partial charge in [0.15, 0.2) is 17.3 Å². The van der Waals surface area contributed by atoms with Crippen LogP contribution in [-0.4, -0.2) is 72.2 Å². The molecule has 1 aliphatic heterocycles. The topological polar surface area (TPSA) is 118 Å². The fourth-order valence-corrected chi connectivity index (χ4v) is 5.30. The second kappa shape index (κ2) is 12.2. The number of benzene rings is 1. The zero-order chi connectivity index (χ0) is 28.2. The molecule has 3 amide bonds. The molecule has 1 aliphatic carbocycles. The van der Waals surface area contributed by atoms with Gasteiger partial charge in [-0.1, -0.05) is 0 Å². The van der Waals surface area contributed by atoms with Gasteiger partial charge in [-0.25, -0.2) is 9.18 Å². The van der Waals surface area contributed by atoms with Crippen molar-refractivity contribution in [3.63, 3.8) is 0 Å². The molecular weight excluding hydrogens is 547 g/mol. The lowest BCUT2D eigenvalue weighted by Gasteiger charge is -2.26. The Balaban J connectivity index is 1.17. The summed E-state index contributed by atoms with van der Waals surface area (Å²) in [6, 6.07) is 9.39. The minimum atomic E-state index is -0.626. The molecular formula is C29H29FN6O4S. The fraction of sp³-hybridized carbons (Fsp3) is 0.310. The summed E-state index contributed by atoms with van der Waals surface area (Å²) in [5.41, 5.74) is 2.56. The maximum atomic E-state index is 15.1. The van der Waals surface area contributed by atoms with E-state index in [2.05, 4.69) is 30.8 Å². The van der Waals surface area contributed by atoms with E-state index in [1.165, 1.54) is 29.7 Å². The van der Waals surface area contributed by atoms with E-state index in [9.17, 15) is 9.59 Å². The Bertz CT molecular complexity index is 1550. The maximum Gasteiger partial charge on any atom is 0.319 e. The number of thiophene rings is 1. The van der Waals surface area contributed by atoms with Crippen LogP contribution in [0, 0.1) is 5.82 Å². The number of halogens is 1. The summed E-state index contributed by atoms with van der Waals surface area (Å²) < 4.78 is 27.3. The van der Waals surface area contributed by atoms with Crippen LogP contribution in [0.3, 0.4) is 0 Å². The van der Waals surface area contributed by atoms with Crippen LogP contribution in [0.1, 0.15) is 23.2 Å². The maximum absolute atomic E-state index is 15.1. The van der Waals surface area contributed by atoms with Crippen LogP contribution in [0.4, 0.5) is 14.9 Å². The van der Waals surface area contributed by atoms with Crippen LogP contribution >= 0.6 is 11.3 Å². The second-order valence-corrected chi connectivity index (χ2v) is 10.8. The number of rotatable bonds is 9. The summed E-state index contributed by atoms with van der Waals surface area (Å²) >= 11 is 1.42. The number of hydrogen-bond acceptors (Lipinski definition) is 8. The van der Waals surface area contributed by atoms with Gasteiger partial charge >= 0.3 is 6.03 Å². The number of carbonyl (C=O) groups is 2. The molecule has 1 saturated carbocycles. The van der Waals surface area contributed by atoms with Gasteiger partial charge in [-0.3, -0.25) is 19.7 Å². The molecule has 1 aromatic carbocycles. The smallest absolute Gasteiger partial charge is 0.319 e. The van der Waals surface area contributed by atoms with Crippen molar-refractivity contribution in [1.29, 1.82) is 0 Å². The van der Waals surface area contributed by atoms with E-state index < -0.39 is 5.82 Å². The molecule has 0 spiro atoms. The number of hydrogen-bond donors (Lipinski definition) is 3. The van der Waals surface area contributed by atoms with Crippen LogP contribution in [0.15, 0.2) is 54.2 Å². The molecule has 4 heterocycles. The second-order valence-electron chi connectivity index (χ2n) is 9.90. The van der Waals surface area contributed by atoms with Crippen molar-refractivity contribution in [2.75, 3.05) is 44.7 Å². The number of morpholine rings is 1. The first-order valence-corrected chi connectivity index (χ1v) is 14.4. The summed E-state index contributed by atoms with van der Waals surface area (Å²) in [5.74, 6) is -0.427. The predicted octanol–water partition coefficient (Wildman–Crippen LogP) is 4.64. The minimum Gasteiger partial charge on any atom is -0.452 e. The molecule has 41 heavy (non-hydrogen) atoms. The third kappa shape index (κ3) is 6.62. The Hall–Kier alpha value is -4.13. The Morgan fingerprint density at radius 1 is 1.10 bits per heavy atom. The highest BCUT2D eigenvalue weighted by Crippen LogP contribution is 2.41. The van der Waals surface area contributed by atoms with E-state index in [0.717, 1.165) is 37.2 Å². The van der Waals surface area contributed by atoms with E-state index in [-0.39, 0.29) is 23.7 Å². The largest absolute Gasteiger partial charge is 0.452 e. The van der Waals surface area contributed by atoms with E-state index in [1.807, 2.05) is 11.4 Å². The highest BCUT2D eigenvalue weighted by molar-refractivity contribution is 7.17. The lowest BCUT2D eigenvalue weighted by Crippen LogP contribution is -2.41. The zero-order valence-corrected chi connectivity index (χ0v) is 23.0. The van der Waals surface area contributed by atoms with Crippen LogP contribution in [0.25, 0.3) is 21.5 Å². The normalized spacial score (nSPS) is 15.4. The lowest BCUT2D eigenvalue weighted by atomic mass is 10.1. The SMILES string of the molecule is O=C(Nc1ccc(Oc2c(-c3ccc(C(=O)NCCN4CCOCC4)cn3)cnc3ccsc23)c(F)c1)NC1CC1. The van der Waals surface area contributed by atoms with Gasteiger partial charge in [0.05, 0.1) is 40.3 Å². The van der Waals surface area contributed by atoms with Crippen LogP contribution in [0.5, 0.6) is 11.5 Å². The molecule has 212 valence electrons. The Labute approximate surface area is 239 Å². The van der Waals surface area contributed by atoms with Crippen molar-refractivity contribution >= 4 is 39.2 Å².